The lowest BCUT2D eigenvalue weighted by Gasteiger charge is -2.01. The van der Waals surface area contributed by atoms with E-state index in [1.807, 2.05) is 0 Å². The number of rotatable bonds is 3. The molecule has 3 heterocycles. The first-order valence-corrected chi connectivity index (χ1v) is 6.69. The molecule has 0 aromatic carbocycles. The predicted octanol–water partition coefficient (Wildman–Crippen LogP) is 2.72. The average molecular weight is 325 g/mol. The number of pyridine rings is 1. The summed E-state index contributed by atoms with van der Waals surface area (Å²) in [6.07, 6.45) is 1.32. The van der Waals surface area contributed by atoms with Crippen LogP contribution in [0.1, 0.15) is 10.4 Å². The first kappa shape index (κ1) is 13.5. The zero-order valence-corrected chi connectivity index (χ0v) is 11.6. The van der Waals surface area contributed by atoms with Gasteiger partial charge in [-0.25, -0.2) is 4.79 Å². The number of halogens is 1. The molecule has 0 radical (unpaired) electrons. The largest absolute Gasteiger partial charge is 0.478 e. The van der Waals surface area contributed by atoms with Crippen LogP contribution in [-0.2, 0) is 0 Å². The highest BCUT2D eigenvalue weighted by molar-refractivity contribution is 7.18. The van der Waals surface area contributed by atoms with Gasteiger partial charge in [-0.1, -0.05) is 22.9 Å². The summed E-state index contributed by atoms with van der Waals surface area (Å²) in [5, 5.41) is 27.7. The van der Waals surface area contributed by atoms with Crippen LogP contribution in [0.25, 0.3) is 16.3 Å². The average Bonchev–Trinajstić information content (AvgIpc) is 3.04. The number of carboxylic acid groups (broad SMARTS) is 1. The van der Waals surface area contributed by atoms with Crippen LogP contribution in [0.3, 0.4) is 0 Å². The van der Waals surface area contributed by atoms with Crippen LogP contribution in [0.5, 0.6) is 0 Å². The molecule has 0 saturated carbocycles. The minimum Gasteiger partial charge on any atom is -0.478 e. The van der Waals surface area contributed by atoms with Crippen LogP contribution in [0.4, 0.5) is 5.00 Å². The Bertz CT molecular complexity index is 888. The number of aromatic carboxylic acids is 1. The number of hydrogen-bond donors (Lipinski definition) is 1. The molecule has 0 saturated heterocycles. The Labute approximate surface area is 125 Å². The maximum atomic E-state index is 11.1. The van der Waals surface area contributed by atoms with E-state index in [4.69, 9.17) is 16.7 Å². The summed E-state index contributed by atoms with van der Waals surface area (Å²) in [5.74, 6) is -0.844. The van der Waals surface area contributed by atoms with Gasteiger partial charge in [-0.15, -0.1) is 10.2 Å². The van der Waals surface area contributed by atoms with Crippen molar-refractivity contribution in [3.05, 3.63) is 45.1 Å². The summed E-state index contributed by atoms with van der Waals surface area (Å²) >= 11 is 6.89. The van der Waals surface area contributed by atoms with E-state index >= 15 is 0 Å². The first-order chi connectivity index (χ1) is 9.97. The molecule has 8 nitrogen and oxygen atoms in total. The van der Waals surface area contributed by atoms with Crippen molar-refractivity contribution in [2.24, 2.45) is 0 Å². The van der Waals surface area contributed by atoms with Crippen LogP contribution < -0.4 is 0 Å². The highest BCUT2D eigenvalue weighted by Gasteiger charge is 2.18. The zero-order chi connectivity index (χ0) is 15.1. The lowest BCUT2D eigenvalue weighted by Crippen LogP contribution is -2.00. The van der Waals surface area contributed by atoms with Crippen molar-refractivity contribution in [1.82, 2.24) is 14.6 Å². The number of nitrogens with zero attached hydrogens (tertiary/aromatic N) is 4. The van der Waals surface area contributed by atoms with E-state index in [2.05, 4.69) is 10.2 Å². The quantitative estimate of drug-likeness (QED) is 0.585. The fourth-order valence-electron chi connectivity index (χ4n) is 1.78. The first-order valence-electron chi connectivity index (χ1n) is 5.49. The molecule has 0 atom stereocenters. The predicted molar refractivity (Wildman–Crippen MR) is 74.9 cm³/mol. The summed E-state index contributed by atoms with van der Waals surface area (Å²) in [6, 6.07) is 4.15. The van der Waals surface area contributed by atoms with Crippen LogP contribution in [0.2, 0.25) is 5.02 Å². The van der Waals surface area contributed by atoms with Crippen LogP contribution in [0.15, 0.2) is 24.4 Å². The molecule has 0 bridgehead atoms. The van der Waals surface area contributed by atoms with E-state index < -0.39 is 10.9 Å². The van der Waals surface area contributed by atoms with E-state index in [0.29, 0.717) is 10.7 Å². The van der Waals surface area contributed by atoms with Gasteiger partial charge in [0.25, 0.3) is 0 Å². The second-order valence-corrected chi connectivity index (χ2v) is 5.46. The summed E-state index contributed by atoms with van der Waals surface area (Å²) < 4.78 is 1.40. The van der Waals surface area contributed by atoms with Crippen molar-refractivity contribution in [1.29, 1.82) is 0 Å². The standard InChI is InChI=1S/C11H5ClN4O4S/c12-6-3-5(11(17)18)4-15-9(6)13-14-10(15)7-1-2-8(21-7)16(19)20/h1-4H,(H,17,18). The van der Waals surface area contributed by atoms with E-state index in [-0.39, 0.29) is 21.2 Å². The number of thiophene rings is 1. The maximum absolute atomic E-state index is 11.1. The molecule has 3 aromatic heterocycles. The summed E-state index contributed by atoms with van der Waals surface area (Å²) in [6.45, 7) is 0. The second kappa shape index (κ2) is 4.79. The van der Waals surface area contributed by atoms with Crippen molar-refractivity contribution in [3.8, 4) is 10.7 Å². The SMILES string of the molecule is O=C(O)c1cc(Cl)c2nnc(-c3ccc([N+](=O)[O-])s3)n2c1. The number of carbonyl (C=O) groups is 1. The van der Waals surface area contributed by atoms with E-state index in [1.165, 1.54) is 28.8 Å². The monoisotopic (exact) mass is 324 g/mol. The van der Waals surface area contributed by atoms with Crippen LogP contribution >= 0.6 is 22.9 Å². The smallest absolute Gasteiger partial charge is 0.337 e. The molecule has 106 valence electrons. The summed E-state index contributed by atoms with van der Waals surface area (Å²) in [4.78, 5) is 21.8. The van der Waals surface area contributed by atoms with Crippen molar-refractivity contribution in [3.63, 3.8) is 0 Å². The van der Waals surface area contributed by atoms with Crippen molar-refractivity contribution in [2.45, 2.75) is 0 Å². The van der Waals surface area contributed by atoms with Gasteiger partial charge < -0.3 is 5.11 Å². The Morgan fingerprint density at radius 2 is 2.19 bits per heavy atom. The van der Waals surface area contributed by atoms with Crippen LogP contribution in [-0.4, -0.2) is 30.6 Å². The van der Waals surface area contributed by atoms with Gasteiger partial charge in [0.05, 0.1) is 20.4 Å². The van der Waals surface area contributed by atoms with Gasteiger partial charge in [0.15, 0.2) is 11.5 Å². The molecular weight excluding hydrogens is 320 g/mol. The third kappa shape index (κ3) is 2.22. The van der Waals surface area contributed by atoms with Gasteiger partial charge in [-0.2, -0.15) is 0 Å². The van der Waals surface area contributed by atoms with E-state index in [9.17, 15) is 14.9 Å². The third-order valence-corrected chi connectivity index (χ3v) is 4.01. The van der Waals surface area contributed by atoms with Gasteiger partial charge in [-0.3, -0.25) is 14.5 Å². The Morgan fingerprint density at radius 3 is 2.81 bits per heavy atom. The Hall–Kier alpha value is -2.52. The number of nitro groups is 1. The third-order valence-electron chi connectivity index (χ3n) is 2.70. The van der Waals surface area contributed by atoms with Crippen LogP contribution in [0, 0.1) is 10.1 Å². The molecule has 1 N–H and O–H groups in total. The summed E-state index contributed by atoms with van der Waals surface area (Å²) in [5.41, 5.74) is 0.257. The van der Waals surface area contributed by atoms with Gasteiger partial charge in [-0.05, 0) is 12.1 Å². The maximum Gasteiger partial charge on any atom is 0.337 e. The number of aromatic nitrogens is 3. The Balaban J connectivity index is 2.22. The molecule has 0 fully saturated rings. The Morgan fingerprint density at radius 1 is 1.43 bits per heavy atom. The minimum atomic E-state index is -1.14. The van der Waals surface area contributed by atoms with E-state index in [1.54, 1.807) is 0 Å². The molecule has 0 unspecified atom stereocenters. The number of hydrogen-bond acceptors (Lipinski definition) is 6. The highest BCUT2D eigenvalue weighted by Crippen LogP contribution is 2.32. The van der Waals surface area contributed by atoms with Gasteiger partial charge in [0.1, 0.15) is 0 Å². The molecule has 0 aliphatic heterocycles. The van der Waals surface area contributed by atoms with E-state index in [0.717, 1.165) is 11.3 Å². The molecule has 0 amide bonds. The summed E-state index contributed by atoms with van der Waals surface area (Å²) in [7, 11) is 0. The zero-order valence-electron chi connectivity index (χ0n) is 10.1. The van der Waals surface area contributed by atoms with Gasteiger partial charge in [0.2, 0.25) is 0 Å². The normalized spacial score (nSPS) is 10.9. The second-order valence-electron chi connectivity index (χ2n) is 3.99. The van der Waals surface area contributed by atoms with Crippen molar-refractivity contribution < 1.29 is 14.8 Å². The molecular formula is C11H5ClN4O4S. The van der Waals surface area contributed by atoms with Crippen molar-refractivity contribution >= 4 is 39.6 Å². The Kier molecular flexibility index (Phi) is 3.07. The lowest BCUT2D eigenvalue weighted by atomic mass is 10.3. The minimum absolute atomic E-state index is 0.0281. The topological polar surface area (TPSA) is 111 Å². The molecule has 0 spiro atoms. The fourth-order valence-corrected chi connectivity index (χ4v) is 2.83. The molecule has 21 heavy (non-hydrogen) atoms. The highest BCUT2D eigenvalue weighted by atomic mass is 35.5. The molecule has 0 aliphatic rings. The number of carboxylic acids is 1. The molecule has 3 rings (SSSR count). The molecule has 10 heteroatoms. The van der Waals surface area contributed by atoms with Crippen molar-refractivity contribution in [2.75, 3.05) is 0 Å². The molecule has 3 aromatic rings. The van der Waals surface area contributed by atoms with Gasteiger partial charge >= 0.3 is 11.0 Å². The van der Waals surface area contributed by atoms with Gasteiger partial charge in [0, 0.05) is 12.3 Å². The molecule has 0 aliphatic carbocycles. The lowest BCUT2D eigenvalue weighted by molar-refractivity contribution is -0.380. The number of fused-ring (bicyclic) bond motifs is 1. The fraction of sp³-hybridized carbons (Fsp3) is 0.